The Labute approximate surface area is 108 Å². The molecular formula is C11H20N4O2S. The summed E-state index contributed by atoms with van der Waals surface area (Å²) in [5.74, 6) is 0.593. The molecule has 0 unspecified atom stereocenters. The number of hydrogen-bond donors (Lipinski definition) is 0. The van der Waals surface area contributed by atoms with Crippen LogP contribution in [0.3, 0.4) is 0 Å². The zero-order valence-corrected chi connectivity index (χ0v) is 11.5. The van der Waals surface area contributed by atoms with E-state index in [1.165, 1.54) is 6.33 Å². The standard InChI is InChI=1S/C11H20N4O2S/c1-2-6-18(16,17)15-5-3-4-11(8-15)7-14-10-12-9-13-14/h9-11H,2-8H2,1H3/t11-/m0/s1. The molecule has 1 atom stereocenters. The highest BCUT2D eigenvalue weighted by Gasteiger charge is 2.28. The smallest absolute Gasteiger partial charge is 0.214 e. The molecule has 0 aromatic carbocycles. The van der Waals surface area contributed by atoms with Gasteiger partial charge in [-0.1, -0.05) is 6.92 Å². The Morgan fingerprint density at radius 3 is 2.94 bits per heavy atom. The first-order chi connectivity index (χ1) is 8.62. The summed E-state index contributed by atoms with van der Waals surface area (Å²) < 4.78 is 27.5. The molecule has 0 saturated carbocycles. The summed E-state index contributed by atoms with van der Waals surface area (Å²) in [5.41, 5.74) is 0. The van der Waals surface area contributed by atoms with Crippen molar-refractivity contribution in [1.29, 1.82) is 0 Å². The predicted octanol–water partition coefficient (Wildman–Crippen LogP) is 0.730. The van der Waals surface area contributed by atoms with Crippen molar-refractivity contribution >= 4 is 10.0 Å². The molecule has 7 heteroatoms. The second-order valence-electron chi connectivity index (χ2n) is 4.80. The first-order valence-corrected chi connectivity index (χ1v) is 8.03. The molecule has 0 amide bonds. The SMILES string of the molecule is CCCS(=O)(=O)N1CCC[C@@H](Cn2cncn2)C1. The van der Waals surface area contributed by atoms with Gasteiger partial charge in [0.15, 0.2) is 0 Å². The Hall–Kier alpha value is -0.950. The molecule has 6 nitrogen and oxygen atoms in total. The average molecular weight is 272 g/mol. The van der Waals surface area contributed by atoms with E-state index in [1.807, 2.05) is 6.92 Å². The summed E-state index contributed by atoms with van der Waals surface area (Å²) in [7, 11) is -3.06. The van der Waals surface area contributed by atoms with E-state index >= 15 is 0 Å². The minimum atomic E-state index is -3.06. The molecule has 1 aromatic heterocycles. The lowest BCUT2D eigenvalue weighted by molar-refractivity contribution is 0.239. The minimum Gasteiger partial charge on any atom is -0.253 e. The zero-order chi connectivity index (χ0) is 13.0. The van der Waals surface area contributed by atoms with E-state index in [0.717, 1.165) is 19.4 Å². The van der Waals surface area contributed by atoms with Gasteiger partial charge in [-0.25, -0.2) is 17.7 Å². The maximum absolute atomic E-state index is 12.0. The maximum atomic E-state index is 12.0. The van der Waals surface area contributed by atoms with Crippen LogP contribution < -0.4 is 0 Å². The molecule has 1 aromatic rings. The van der Waals surface area contributed by atoms with Crippen molar-refractivity contribution in [2.24, 2.45) is 5.92 Å². The van der Waals surface area contributed by atoms with Gasteiger partial charge in [0.1, 0.15) is 12.7 Å². The normalized spacial score (nSPS) is 22.2. The Morgan fingerprint density at radius 2 is 2.28 bits per heavy atom. The van der Waals surface area contributed by atoms with Crippen LogP contribution in [0, 0.1) is 5.92 Å². The molecule has 102 valence electrons. The number of aromatic nitrogens is 3. The van der Waals surface area contributed by atoms with Crippen LogP contribution in [-0.4, -0.2) is 46.3 Å². The molecule has 0 N–H and O–H groups in total. The monoisotopic (exact) mass is 272 g/mol. The molecule has 2 rings (SSSR count). The molecule has 1 aliphatic rings. The second-order valence-corrected chi connectivity index (χ2v) is 6.89. The fourth-order valence-electron chi connectivity index (χ4n) is 2.41. The fourth-order valence-corrected chi connectivity index (χ4v) is 4.03. The Balaban J connectivity index is 1.96. The van der Waals surface area contributed by atoms with Crippen LogP contribution in [-0.2, 0) is 16.6 Å². The minimum absolute atomic E-state index is 0.253. The van der Waals surface area contributed by atoms with E-state index < -0.39 is 10.0 Å². The summed E-state index contributed by atoms with van der Waals surface area (Å²) in [4.78, 5) is 3.90. The molecule has 0 aliphatic carbocycles. The summed E-state index contributed by atoms with van der Waals surface area (Å²) in [5, 5.41) is 4.07. The molecular weight excluding hydrogens is 252 g/mol. The number of hydrogen-bond acceptors (Lipinski definition) is 4. The van der Waals surface area contributed by atoms with E-state index in [2.05, 4.69) is 10.1 Å². The third kappa shape index (κ3) is 3.29. The van der Waals surface area contributed by atoms with Crippen LogP contribution >= 0.6 is 0 Å². The first kappa shape index (κ1) is 13.5. The summed E-state index contributed by atoms with van der Waals surface area (Å²) >= 11 is 0. The van der Waals surface area contributed by atoms with Crippen LogP contribution in [0.4, 0.5) is 0 Å². The number of sulfonamides is 1. The molecule has 1 saturated heterocycles. The molecule has 2 heterocycles. The largest absolute Gasteiger partial charge is 0.253 e. The molecule has 1 aliphatic heterocycles. The Morgan fingerprint density at radius 1 is 1.44 bits per heavy atom. The topological polar surface area (TPSA) is 68.1 Å². The van der Waals surface area contributed by atoms with E-state index in [9.17, 15) is 8.42 Å². The van der Waals surface area contributed by atoms with Gasteiger partial charge in [-0.05, 0) is 25.2 Å². The van der Waals surface area contributed by atoms with Gasteiger partial charge in [0.2, 0.25) is 10.0 Å². The molecule has 0 bridgehead atoms. The van der Waals surface area contributed by atoms with Gasteiger partial charge in [-0.3, -0.25) is 4.68 Å². The van der Waals surface area contributed by atoms with Gasteiger partial charge in [0.05, 0.1) is 5.75 Å². The highest BCUT2D eigenvalue weighted by Crippen LogP contribution is 2.20. The Kier molecular flexibility index (Phi) is 4.34. The predicted molar refractivity (Wildman–Crippen MR) is 68.4 cm³/mol. The third-order valence-electron chi connectivity index (χ3n) is 3.25. The number of piperidine rings is 1. The van der Waals surface area contributed by atoms with Gasteiger partial charge in [-0.2, -0.15) is 5.10 Å². The highest BCUT2D eigenvalue weighted by molar-refractivity contribution is 7.89. The molecule has 0 radical (unpaired) electrons. The van der Waals surface area contributed by atoms with Crippen LogP contribution in [0.5, 0.6) is 0 Å². The third-order valence-corrected chi connectivity index (χ3v) is 5.29. The second kappa shape index (κ2) is 5.79. The number of rotatable bonds is 5. The lowest BCUT2D eigenvalue weighted by atomic mass is 10.00. The van der Waals surface area contributed by atoms with Crippen molar-refractivity contribution in [3.8, 4) is 0 Å². The van der Waals surface area contributed by atoms with Crippen molar-refractivity contribution < 1.29 is 8.42 Å². The summed E-state index contributed by atoms with van der Waals surface area (Å²) in [6, 6.07) is 0. The quantitative estimate of drug-likeness (QED) is 0.792. The van der Waals surface area contributed by atoms with E-state index in [4.69, 9.17) is 0 Å². The van der Waals surface area contributed by atoms with Crippen LogP contribution in [0.25, 0.3) is 0 Å². The van der Waals surface area contributed by atoms with Gasteiger partial charge < -0.3 is 0 Å². The zero-order valence-electron chi connectivity index (χ0n) is 10.7. The van der Waals surface area contributed by atoms with Gasteiger partial charge in [0, 0.05) is 19.6 Å². The highest BCUT2D eigenvalue weighted by atomic mass is 32.2. The molecule has 1 fully saturated rings. The van der Waals surface area contributed by atoms with E-state index in [1.54, 1.807) is 15.3 Å². The lowest BCUT2D eigenvalue weighted by Gasteiger charge is -2.31. The number of nitrogens with zero attached hydrogens (tertiary/aromatic N) is 4. The van der Waals surface area contributed by atoms with Crippen molar-refractivity contribution in [3.63, 3.8) is 0 Å². The van der Waals surface area contributed by atoms with Crippen LogP contribution in [0.15, 0.2) is 12.7 Å². The van der Waals surface area contributed by atoms with Crippen LogP contribution in [0.1, 0.15) is 26.2 Å². The van der Waals surface area contributed by atoms with Crippen molar-refractivity contribution in [2.75, 3.05) is 18.8 Å². The van der Waals surface area contributed by atoms with Gasteiger partial charge >= 0.3 is 0 Å². The van der Waals surface area contributed by atoms with E-state index in [0.29, 0.717) is 25.4 Å². The first-order valence-electron chi connectivity index (χ1n) is 6.42. The van der Waals surface area contributed by atoms with E-state index in [-0.39, 0.29) is 5.75 Å². The Bertz CT molecular complexity index is 457. The van der Waals surface area contributed by atoms with Crippen molar-refractivity contribution in [3.05, 3.63) is 12.7 Å². The van der Waals surface area contributed by atoms with Gasteiger partial charge in [-0.15, -0.1) is 0 Å². The van der Waals surface area contributed by atoms with Gasteiger partial charge in [0.25, 0.3) is 0 Å². The summed E-state index contributed by atoms with van der Waals surface area (Å²) in [6.07, 6.45) is 5.85. The molecule has 18 heavy (non-hydrogen) atoms. The fraction of sp³-hybridized carbons (Fsp3) is 0.818. The average Bonchev–Trinajstić information content (AvgIpc) is 2.82. The summed E-state index contributed by atoms with van der Waals surface area (Å²) in [6.45, 7) is 3.92. The van der Waals surface area contributed by atoms with Crippen molar-refractivity contribution in [1.82, 2.24) is 19.1 Å². The molecule has 0 spiro atoms. The van der Waals surface area contributed by atoms with Crippen molar-refractivity contribution in [2.45, 2.75) is 32.7 Å². The van der Waals surface area contributed by atoms with Crippen LogP contribution in [0.2, 0.25) is 0 Å². The maximum Gasteiger partial charge on any atom is 0.214 e. The lowest BCUT2D eigenvalue weighted by Crippen LogP contribution is -2.42.